The molecule has 1 aromatic heterocycles. The van der Waals surface area contributed by atoms with Crippen molar-refractivity contribution in [2.75, 3.05) is 7.05 Å². The lowest BCUT2D eigenvalue weighted by molar-refractivity contribution is 0.459. The van der Waals surface area contributed by atoms with Crippen LogP contribution in [0.4, 0.5) is 0 Å². The molecule has 0 fully saturated rings. The first kappa shape index (κ1) is 14.3. The minimum atomic E-state index is 0.267. The normalized spacial score (nSPS) is 12.2. The molecule has 1 aromatic carbocycles. The standard InChI is InChI=1S/C14H14BrClN2O/c1-9(17-2)10-3-6-14(18-8-10)19-13-5-4-11(16)7-12(13)15/h3-9,17H,1-2H3. The van der Waals surface area contributed by atoms with Crippen LogP contribution in [0.25, 0.3) is 0 Å². The van der Waals surface area contributed by atoms with Gasteiger partial charge in [0.1, 0.15) is 5.75 Å². The molecule has 2 rings (SSSR count). The first-order valence-electron chi connectivity index (χ1n) is 5.86. The highest BCUT2D eigenvalue weighted by molar-refractivity contribution is 9.10. The number of rotatable bonds is 4. The van der Waals surface area contributed by atoms with Crippen molar-refractivity contribution in [3.05, 3.63) is 51.6 Å². The first-order chi connectivity index (χ1) is 9.10. The lowest BCUT2D eigenvalue weighted by Crippen LogP contribution is -2.12. The molecule has 19 heavy (non-hydrogen) atoms. The summed E-state index contributed by atoms with van der Waals surface area (Å²) in [6.07, 6.45) is 1.81. The van der Waals surface area contributed by atoms with Gasteiger partial charge >= 0.3 is 0 Å². The minimum Gasteiger partial charge on any atom is -0.438 e. The van der Waals surface area contributed by atoms with E-state index in [-0.39, 0.29) is 6.04 Å². The summed E-state index contributed by atoms with van der Waals surface area (Å²) < 4.78 is 6.50. The van der Waals surface area contributed by atoms with Gasteiger partial charge in [-0.25, -0.2) is 4.98 Å². The molecule has 1 unspecified atom stereocenters. The van der Waals surface area contributed by atoms with Crippen molar-refractivity contribution < 1.29 is 4.74 Å². The van der Waals surface area contributed by atoms with Crippen molar-refractivity contribution >= 4 is 27.5 Å². The second-order valence-corrected chi connectivity index (χ2v) is 5.41. The highest BCUT2D eigenvalue weighted by Crippen LogP contribution is 2.31. The van der Waals surface area contributed by atoms with Gasteiger partial charge in [-0.15, -0.1) is 0 Å². The molecular weight excluding hydrogens is 328 g/mol. The Morgan fingerprint density at radius 2 is 2.11 bits per heavy atom. The Bertz CT molecular complexity index is 560. The van der Waals surface area contributed by atoms with Gasteiger partial charge in [0.25, 0.3) is 0 Å². The summed E-state index contributed by atoms with van der Waals surface area (Å²) in [4.78, 5) is 4.29. The summed E-state index contributed by atoms with van der Waals surface area (Å²) in [7, 11) is 1.92. The number of aromatic nitrogens is 1. The molecule has 3 nitrogen and oxygen atoms in total. The van der Waals surface area contributed by atoms with Gasteiger partial charge in [-0.1, -0.05) is 17.7 Å². The summed E-state index contributed by atoms with van der Waals surface area (Å²) in [5.41, 5.74) is 1.12. The fourth-order valence-corrected chi connectivity index (χ4v) is 2.31. The number of nitrogens with zero attached hydrogens (tertiary/aromatic N) is 1. The number of benzene rings is 1. The van der Waals surface area contributed by atoms with Crippen LogP contribution in [-0.4, -0.2) is 12.0 Å². The largest absolute Gasteiger partial charge is 0.438 e. The molecule has 1 heterocycles. The lowest BCUT2D eigenvalue weighted by atomic mass is 10.1. The van der Waals surface area contributed by atoms with Gasteiger partial charge in [0, 0.05) is 23.3 Å². The molecule has 0 amide bonds. The Kier molecular flexibility index (Phi) is 4.80. The molecule has 0 aliphatic rings. The third-order valence-electron chi connectivity index (χ3n) is 2.80. The molecule has 0 spiro atoms. The molecule has 0 radical (unpaired) electrons. The van der Waals surface area contributed by atoms with Crippen LogP contribution in [0.15, 0.2) is 41.0 Å². The smallest absolute Gasteiger partial charge is 0.219 e. The van der Waals surface area contributed by atoms with Crippen LogP contribution in [0.2, 0.25) is 5.02 Å². The van der Waals surface area contributed by atoms with Crippen LogP contribution in [-0.2, 0) is 0 Å². The number of pyridine rings is 1. The van der Waals surface area contributed by atoms with Crippen LogP contribution in [0.5, 0.6) is 11.6 Å². The molecule has 0 saturated carbocycles. The molecule has 0 bridgehead atoms. The van der Waals surface area contributed by atoms with Crippen molar-refractivity contribution in [3.8, 4) is 11.6 Å². The number of hydrogen-bond acceptors (Lipinski definition) is 3. The molecule has 0 aliphatic heterocycles. The van der Waals surface area contributed by atoms with Crippen molar-refractivity contribution in [2.24, 2.45) is 0 Å². The molecule has 1 N–H and O–H groups in total. The van der Waals surface area contributed by atoms with E-state index in [1.165, 1.54) is 0 Å². The van der Waals surface area contributed by atoms with Crippen LogP contribution in [0, 0.1) is 0 Å². The average molecular weight is 342 g/mol. The van der Waals surface area contributed by atoms with Crippen molar-refractivity contribution in [2.45, 2.75) is 13.0 Å². The maximum atomic E-state index is 5.88. The van der Waals surface area contributed by atoms with E-state index in [2.05, 4.69) is 33.2 Å². The maximum Gasteiger partial charge on any atom is 0.219 e. The average Bonchev–Trinajstić information content (AvgIpc) is 2.42. The van der Waals surface area contributed by atoms with E-state index in [1.807, 2.05) is 19.2 Å². The quantitative estimate of drug-likeness (QED) is 0.884. The van der Waals surface area contributed by atoms with Crippen LogP contribution < -0.4 is 10.1 Å². The highest BCUT2D eigenvalue weighted by Gasteiger charge is 2.06. The molecular formula is C14H14BrClN2O. The third-order valence-corrected chi connectivity index (χ3v) is 3.66. The van der Waals surface area contributed by atoms with E-state index in [1.54, 1.807) is 24.4 Å². The van der Waals surface area contributed by atoms with Crippen LogP contribution in [0.1, 0.15) is 18.5 Å². The zero-order valence-corrected chi connectivity index (χ0v) is 13.0. The van der Waals surface area contributed by atoms with Gasteiger partial charge in [0.05, 0.1) is 4.47 Å². The van der Waals surface area contributed by atoms with Gasteiger partial charge in [-0.2, -0.15) is 0 Å². The minimum absolute atomic E-state index is 0.267. The molecule has 2 aromatic rings. The van der Waals surface area contributed by atoms with Gasteiger partial charge in [0.2, 0.25) is 5.88 Å². The van der Waals surface area contributed by atoms with E-state index in [0.717, 1.165) is 10.0 Å². The van der Waals surface area contributed by atoms with Crippen molar-refractivity contribution in [1.82, 2.24) is 10.3 Å². The Hall–Kier alpha value is -1.10. The first-order valence-corrected chi connectivity index (χ1v) is 7.03. The highest BCUT2D eigenvalue weighted by atomic mass is 79.9. The second-order valence-electron chi connectivity index (χ2n) is 4.12. The topological polar surface area (TPSA) is 34.1 Å². The van der Waals surface area contributed by atoms with E-state index < -0.39 is 0 Å². The van der Waals surface area contributed by atoms with Gasteiger partial charge in [-0.3, -0.25) is 0 Å². The number of hydrogen-bond donors (Lipinski definition) is 1. The summed E-state index contributed by atoms with van der Waals surface area (Å²) in [5.74, 6) is 1.24. The van der Waals surface area contributed by atoms with E-state index in [4.69, 9.17) is 16.3 Å². The number of ether oxygens (including phenoxy) is 1. The fourth-order valence-electron chi connectivity index (χ4n) is 1.55. The van der Waals surface area contributed by atoms with E-state index in [9.17, 15) is 0 Å². The predicted molar refractivity (Wildman–Crippen MR) is 80.9 cm³/mol. The zero-order valence-electron chi connectivity index (χ0n) is 10.7. The Balaban J connectivity index is 2.15. The van der Waals surface area contributed by atoms with Crippen LogP contribution in [0.3, 0.4) is 0 Å². The lowest BCUT2D eigenvalue weighted by Gasteiger charge is -2.11. The summed E-state index contributed by atoms with van der Waals surface area (Å²) in [5, 5.41) is 3.82. The van der Waals surface area contributed by atoms with Crippen molar-refractivity contribution in [1.29, 1.82) is 0 Å². The Labute approximate surface area is 126 Å². The van der Waals surface area contributed by atoms with E-state index >= 15 is 0 Å². The number of halogens is 2. The summed E-state index contributed by atoms with van der Waals surface area (Å²) >= 11 is 9.29. The van der Waals surface area contributed by atoms with Gasteiger partial charge in [0.15, 0.2) is 0 Å². The van der Waals surface area contributed by atoms with E-state index in [0.29, 0.717) is 16.7 Å². The monoisotopic (exact) mass is 340 g/mol. The SMILES string of the molecule is CNC(C)c1ccc(Oc2ccc(Cl)cc2Br)nc1. The zero-order chi connectivity index (χ0) is 13.8. The Morgan fingerprint density at radius 1 is 1.32 bits per heavy atom. The molecule has 0 saturated heterocycles. The molecule has 5 heteroatoms. The Morgan fingerprint density at radius 3 is 2.68 bits per heavy atom. The van der Waals surface area contributed by atoms with Gasteiger partial charge < -0.3 is 10.1 Å². The molecule has 1 atom stereocenters. The summed E-state index contributed by atoms with van der Waals surface area (Å²) in [6, 6.07) is 9.48. The second kappa shape index (κ2) is 6.37. The summed E-state index contributed by atoms with van der Waals surface area (Å²) in [6.45, 7) is 2.08. The molecule has 100 valence electrons. The number of nitrogens with one attached hydrogen (secondary N) is 1. The molecule has 0 aliphatic carbocycles. The van der Waals surface area contributed by atoms with Gasteiger partial charge in [-0.05, 0) is 53.7 Å². The predicted octanol–water partition coefficient (Wildman–Crippen LogP) is 4.57. The maximum absolute atomic E-state index is 5.88. The third kappa shape index (κ3) is 3.69. The van der Waals surface area contributed by atoms with Crippen LogP contribution >= 0.6 is 27.5 Å². The van der Waals surface area contributed by atoms with Crippen molar-refractivity contribution in [3.63, 3.8) is 0 Å². The fraction of sp³-hybridized carbons (Fsp3) is 0.214.